The van der Waals surface area contributed by atoms with Crippen LogP contribution >= 0.6 is 11.6 Å². The third-order valence-electron chi connectivity index (χ3n) is 2.69. The van der Waals surface area contributed by atoms with Crippen LogP contribution in [0.2, 0.25) is 5.02 Å². The molecule has 5 heteroatoms. The van der Waals surface area contributed by atoms with Crippen molar-refractivity contribution >= 4 is 28.9 Å². The van der Waals surface area contributed by atoms with Crippen molar-refractivity contribution in [3.63, 3.8) is 0 Å². The normalized spacial score (nSPS) is 10.3. The van der Waals surface area contributed by atoms with E-state index in [9.17, 15) is 9.18 Å². The molecule has 0 spiro atoms. The van der Waals surface area contributed by atoms with Crippen molar-refractivity contribution in [3.8, 4) is 0 Å². The molecule has 0 radical (unpaired) electrons. The van der Waals surface area contributed by atoms with Crippen molar-refractivity contribution < 1.29 is 9.18 Å². The van der Waals surface area contributed by atoms with E-state index in [1.807, 2.05) is 0 Å². The summed E-state index contributed by atoms with van der Waals surface area (Å²) in [6.07, 6.45) is 0. The molecule has 3 nitrogen and oxygen atoms in total. The smallest absolute Gasteiger partial charge is 0.258 e. The number of hydrogen-bond acceptors (Lipinski definition) is 2. The number of rotatable bonds is 2. The van der Waals surface area contributed by atoms with Crippen LogP contribution < -0.4 is 11.1 Å². The number of carbonyl (C=O) groups excluding carboxylic acids is 1. The molecular weight excluding hydrogens is 267 g/mol. The molecular formula is C14H12ClFN2O. The van der Waals surface area contributed by atoms with Gasteiger partial charge in [-0.3, -0.25) is 4.79 Å². The highest BCUT2D eigenvalue weighted by atomic mass is 35.5. The summed E-state index contributed by atoms with van der Waals surface area (Å²) in [7, 11) is 0. The fourth-order valence-corrected chi connectivity index (χ4v) is 1.87. The van der Waals surface area contributed by atoms with Crippen LogP contribution in [-0.2, 0) is 0 Å². The van der Waals surface area contributed by atoms with E-state index in [-0.39, 0.29) is 10.6 Å². The van der Waals surface area contributed by atoms with E-state index in [2.05, 4.69) is 5.32 Å². The van der Waals surface area contributed by atoms with Gasteiger partial charge in [-0.15, -0.1) is 0 Å². The monoisotopic (exact) mass is 278 g/mol. The summed E-state index contributed by atoms with van der Waals surface area (Å²) >= 11 is 5.64. The highest BCUT2D eigenvalue weighted by Crippen LogP contribution is 2.21. The zero-order chi connectivity index (χ0) is 14.0. The molecule has 0 aliphatic heterocycles. The molecule has 2 aromatic carbocycles. The summed E-state index contributed by atoms with van der Waals surface area (Å²) in [6.45, 7) is 1.81. The molecule has 0 heterocycles. The molecule has 0 aliphatic rings. The second-order valence-corrected chi connectivity index (χ2v) is 4.54. The molecule has 0 atom stereocenters. The maximum Gasteiger partial charge on any atom is 0.258 e. The Morgan fingerprint density at radius 3 is 2.74 bits per heavy atom. The summed E-state index contributed by atoms with van der Waals surface area (Å²) < 4.78 is 13.7. The summed E-state index contributed by atoms with van der Waals surface area (Å²) in [5.41, 5.74) is 7.51. The van der Waals surface area contributed by atoms with Crippen LogP contribution in [0.4, 0.5) is 15.8 Å². The fraction of sp³-hybridized carbons (Fsp3) is 0.0714. The van der Waals surface area contributed by atoms with E-state index in [1.165, 1.54) is 18.2 Å². The molecule has 98 valence electrons. The Morgan fingerprint density at radius 1 is 1.32 bits per heavy atom. The number of carbonyl (C=O) groups is 1. The number of nitrogens with one attached hydrogen (secondary N) is 1. The minimum atomic E-state index is -0.727. The molecule has 19 heavy (non-hydrogen) atoms. The van der Waals surface area contributed by atoms with Gasteiger partial charge in [0, 0.05) is 11.4 Å². The fourth-order valence-electron chi connectivity index (χ4n) is 1.70. The topological polar surface area (TPSA) is 55.1 Å². The first-order valence-electron chi connectivity index (χ1n) is 5.60. The van der Waals surface area contributed by atoms with Gasteiger partial charge in [-0.2, -0.15) is 0 Å². The number of nitrogens with two attached hydrogens (primary N) is 1. The lowest BCUT2D eigenvalue weighted by molar-refractivity contribution is 0.102. The van der Waals surface area contributed by atoms with E-state index >= 15 is 0 Å². The number of aryl methyl sites for hydroxylation is 1. The first-order valence-corrected chi connectivity index (χ1v) is 5.98. The lowest BCUT2D eigenvalue weighted by atomic mass is 10.1. The minimum absolute atomic E-state index is 0.0818. The number of hydrogen-bond donors (Lipinski definition) is 2. The van der Waals surface area contributed by atoms with Gasteiger partial charge in [-0.25, -0.2) is 4.39 Å². The second kappa shape index (κ2) is 5.28. The standard InChI is InChI=1S/C14H12ClFN2O/c1-8-7-9(17)5-6-12(8)18-14(19)10-3-2-4-11(15)13(10)16/h2-7H,17H2,1H3,(H,18,19). The summed E-state index contributed by atoms with van der Waals surface area (Å²) in [5.74, 6) is -1.28. The quantitative estimate of drug-likeness (QED) is 0.824. The zero-order valence-corrected chi connectivity index (χ0v) is 11.0. The predicted octanol–water partition coefficient (Wildman–Crippen LogP) is 3.62. The predicted molar refractivity (Wildman–Crippen MR) is 75.0 cm³/mol. The highest BCUT2D eigenvalue weighted by Gasteiger charge is 2.14. The van der Waals surface area contributed by atoms with Crippen molar-refractivity contribution in [2.75, 3.05) is 11.1 Å². The Labute approximate surface area is 115 Å². The van der Waals surface area contributed by atoms with Crippen molar-refractivity contribution in [2.45, 2.75) is 6.92 Å². The lowest BCUT2D eigenvalue weighted by Gasteiger charge is -2.10. The van der Waals surface area contributed by atoms with Crippen LogP contribution in [0.25, 0.3) is 0 Å². The van der Waals surface area contributed by atoms with Crippen molar-refractivity contribution in [1.29, 1.82) is 0 Å². The van der Waals surface area contributed by atoms with Gasteiger partial charge in [0.1, 0.15) is 0 Å². The van der Waals surface area contributed by atoms with Gasteiger partial charge < -0.3 is 11.1 Å². The SMILES string of the molecule is Cc1cc(N)ccc1NC(=O)c1cccc(Cl)c1F. The molecule has 2 aromatic rings. The van der Waals surface area contributed by atoms with Crippen LogP contribution in [0.1, 0.15) is 15.9 Å². The van der Waals surface area contributed by atoms with Gasteiger partial charge in [-0.1, -0.05) is 17.7 Å². The van der Waals surface area contributed by atoms with Gasteiger partial charge >= 0.3 is 0 Å². The summed E-state index contributed by atoms with van der Waals surface area (Å²) in [6, 6.07) is 9.35. The molecule has 3 N–H and O–H groups in total. The molecule has 0 bridgehead atoms. The van der Waals surface area contributed by atoms with Crippen molar-refractivity contribution in [2.24, 2.45) is 0 Å². The van der Waals surface area contributed by atoms with Crippen molar-refractivity contribution in [1.82, 2.24) is 0 Å². The Hall–Kier alpha value is -2.07. The van der Waals surface area contributed by atoms with Gasteiger partial charge in [0.25, 0.3) is 5.91 Å². The molecule has 0 fully saturated rings. The van der Waals surface area contributed by atoms with E-state index in [0.717, 1.165) is 5.56 Å². The van der Waals surface area contributed by atoms with E-state index < -0.39 is 11.7 Å². The number of nitrogen functional groups attached to an aromatic ring is 1. The van der Waals surface area contributed by atoms with Crippen molar-refractivity contribution in [3.05, 3.63) is 58.4 Å². The third-order valence-corrected chi connectivity index (χ3v) is 2.99. The molecule has 0 saturated heterocycles. The van der Waals surface area contributed by atoms with Crippen LogP contribution in [0.5, 0.6) is 0 Å². The molecule has 1 amide bonds. The number of amides is 1. The first-order chi connectivity index (χ1) is 8.99. The van der Waals surface area contributed by atoms with Gasteiger partial charge in [0.2, 0.25) is 0 Å². The van der Waals surface area contributed by atoms with Crippen LogP contribution in [0.3, 0.4) is 0 Å². The maximum atomic E-state index is 13.7. The van der Waals surface area contributed by atoms with E-state index in [0.29, 0.717) is 11.4 Å². The molecule has 0 unspecified atom stereocenters. The summed E-state index contributed by atoms with van der Waals surface area (Å²) in [5, 5.41) is 2.55. The first kappa shape index (κ1) is 13.4. The van der Waals surface area contributed by atoms with E-state index in [4.69, 9.17) is 17.3 Å². The number of benzene rings is 2. The molecule has 0 aromatic heterocycles. The third kappa shape index (κ3) is 2.85. The molecule has 0 aliphatic carbocycles. The zero-order valence-electron chi connectivity index (χ0n) is 10.2. The van der Waals surface area contributed by atoms with Gasteiger partial charge in [0.15, 0.2) is 5.82 Å². The van der Waals surface area contributed by atoms with Crippen LogP contribution in [-0.4, -0.2) is 5.91 Å². The Kier molecular flexibility index (Phi) is 3.71. The number of anilines is 2. The van der Waals surface area contributed by atoms with Crippen LogP contribution in [0.15, 0.2) is 36.4 Å². The maximum absolute atomic E-state index is 13.7. The number of halogens is 2. The Bertz CT molecular complexity index is 643. The minimum Gasteiger partial charge on any atom is -0.399 e. The van der Waals surface area contributed by atoms with Crippen LogP contribution in [0, 0.1) is 12.7 Å². The van der Waals surface area contributed by atoms with Gasteiger partial charge in [0.05, 0.1) is 10.6 Å². The average molecular weight is 279 g/mol. The lowest BCUT2D eigenvalue weighted by Crippen LogP contribution is -2.14. The molecule has 2 rings (SSSR count). The Balaban J connectivity index is 2.28. The average Bonchev–Trinajstić information content (AvgIpc) is 2.36. The summed E-state index contributed by atoms with van der Waals surface area (Å²) in [4.78, 5) is 12.0. The largest absolute Gasteiger partial charge is 0.399 e. The highest BCUT2D eigenvalue weighted by molar-refractivity contribution is 6.31. The Morgan fingerprint density at radius 2 is 2.05 bits per heavy atom. The van der Waals surface area contributed by atoms with E-state index in [1.54, 1.807) is 25.1 Å². The molecule has 0 saturated carbocycles. The second-order valence-electron chi connectivity index (χ2n) is 4.13. The van der Waals surface area contributed by atoms with Gasteiger partial charge in [-0.05, 0) is 42.8 Å².